The summed E-state index contributed by atoms with van der Waals surface area (Å²) in [5.41, 5.74) is 9.58. The highest BCUT2D eigenvalue weighted by atomic mass is 79.9. The Balaban J connectivity index is 1.92. The van der Waals surface area contributed by atoms with Gasteiger partial charge < -0.3 is 10.5 Å². The van der Waals surface area contributed by atoms with Gasteiger partial charge in [-0.3, -0.25) is 4.21 Å². The molecule has 3 nitrogen and oxygen atoms in total. The number of benzene rings is 2. The Bertz CT molecular complexity index is 730. The normalized spacial score (nSPS) is 14.6. The van der Waals surface area contributed by atoms with Gasteiger partial charge in [0.25, 0.3) is 0 Å². The van der Waals surface area contributed by atoms with E-state index >= 15 is 0 Å². The number of hydrogen-bond donors (Lipinski definition) is 1. The monoisotopic (exact) mass is 365 g/mol. The second-order valence-corrected chi connectivity index (χ2v) is 7.50. The Labute approximate surface area is 135 Å². The zero-order valence-electron chi connectivity index (χ0n) is 11.7. The summed E-state index contributed by atoms with van der Waals surface area (Å²) in [5.74, 6) is 1.35. The molecule has 0 saturated carbocycles. The van der Waals surface area contributed by atoms with Crippen molar-refractivity contribution in [3.05, 3.63) is 51.5 Å². The van der Waals surface area contributed by atoms with Crippen LogP contribution < -0.4 is 10.5 Å². The first-order valence-electron chi connectivity index (χ1n) is 6.73. The largest absolute Gasteiger partial charge is 0.493 e. The van der Waals surface area contributed by atoms with Crippen molar-refractivity contribution in [2.24, 2.45) is 0 Å². The van der Waals surface area contributed by atoms with Crippen LogP contribution in [0.4, 0.5) is 5.69 Å². The summed E-state index contributed by atoms with van der Waals surface area (Å²) in [4.78, 5) is 0.830. The van der Waals surface area contributed by atoms with Gasteiger partial charge in [-0.25, -0.2) is 0 Å². The van der Waals surface area contributed by atoms with Gasteiger partial charge in [0.1, 0.15) is 5.75 Å². The molecule has 1 unspecified atom stereocenters. The molecule has 0 aromatic heterocycles. The van der Waals surface area contributed by atoms with Crippen molar-refractivity contribution in [3.8, 4) is 5.75 Å². The average Bonchev–Trinajstić information content (AvgIpc) is 2.86. The van der Waals surface area contributed by atoms with Gasteiger partial charge in [-0.15, -0.1) is 0 Å². The van der Waals surface area contributed by atoms with E-state index in [9.17, 15) is 4.21 Å². The highest BCUT2D eigenvalue weighted by Crippen LogP contribution is 2.34. The summed E-state index contributed by atoms with van der Waals surface area (Å²) in [6, 6.07) is 9.56. The highest BCUT2D eigenvalue weighted by Gasteiger charge is 2.19. The maximum atomic E-state index is 12.7. The molecule has 0 aliphatic carbocycles. The Morgan fingerprint density at radius 1 is 1.33 bits per heavy atom. The minimum atomic E-state index is -1.11. The lowest BCUT2D eigenvalue weighted by Gasteiger charge is -2.11. The predicted octanol–water partition coefficient (Wildman–Crippen LogP) is 3.58. The van der Waals surface area contributed by atoms with Crippen LogP contribution in [0.1, 0.15) is 16.7 Å². The molecule has 3 rings (SSSR count). The third-order valence-corrected chi connectivity index (χ3v) is 5.54. The minimum Gasteiger partial charge on any atom is -0.493 e. The summed E-state index contributed by atoms with van der Waals surface area (Å²) < 4.78 is 19.4. The standard InChI is InChI=1S/C16H16BrNO2S/c1-10-6-14(18)2-3-15(10)21(19)9-12-8-13(17)7-11-4-5-20-16(11)12/h2-3,6-8H,4-5,9,18H2,1H3. The molecule has 0 bridgehead atoms. The zero-order valence-corrected chi connectivity index (χ0v) is 14.1. The van der Waals surface area contributed by atoms with E-state index in [2.05, 4.69) is 22.0 Å². The van der Waals surface area contributed by atoms with Crippen LogP contribution in [-0.2, 0) is 23.0 Å². The molecule has 2 aromatic carbocycles. The molecule has 0 spiro atoms. The summed E-state index contributed by atoms with van der Waals surface area (Å²) >= 11 is 3.51. The van der Waals surface area contributed by atoms with Crippen molar-refractivity contribution >= 4 is 32.4 Å². The Hall–Kier alpha value is -1.33. The van der Waals surface area contributed by atoms with Gasteiger partial charge in [0.15, 0.2) is 0 Å². The maximum Gasteiger partial charge on any atom is 0.126 e. The van der Waals surface area contributed by atoms with Crippen LogP contribution in [-0.4, -0.2) is 10.8 Å². The van der Waals surface area contributed by atoms with Crippen molar-refractivity contribution < 1.29 is 8.95 Å². The molecular weight excluding hydrogens is 350 g/mol. The molecule has 1 heterocycles. The summed E-state index contributed by atoms with van der Waals surface area (Å²) in [6.45, 7) is 2.64. The van der Waals surface area contributed by atoms with Gasteiger partial charge in [-0.2, -0.15) is 0 Å². The molecule has 0 radical (unpaired) electrons. The molecule has 1 aliphatic heterocycles. The lowest BCUT2D eigenvalue weighted by Crippen LogP contribution is -2.01. The topological polar surface area (TPSA) is 52.3 Å². The Morgan fingerprint density at radius 3 is 2.90 bits per heavy atom. The summed E-state index contributed by atoms with van der Waals surface area (Å²) in [5, 5.41) is 0. The second-order valence-electron chi connectivity index (χ2n) is 5.17. The van der Waals surface area contributed by atoms with Crippen LogP contribution in [0.3, 0.4) is 0 Å². The van der Waals surface area contributed by atoms with Gasteiger partial charge in [0.2, 0.25) is 0 Å². The number of aryl methyl sites for hydroxylation is 1. The Kier molecular flexibility index (Phi) is 4.04. The van der Waals surface area contributed by atoms with E-state index in [1.807, 2.05) is 25.1 Å². The molecule has 1 aliphatic rings. The first-order chi connectivity index (χ1) is 10.0. The van der Waals surface area contributed by atoms with Gasteiger partial charge in [-0.1, -0.05) is 15.9 Å². The van der Waals surface area contributed by atoms with E-state index in [1.165, 1.54) is 5.56 Å². The fourth-order valence-electron chi connectivity index (χ4n) is 2.60. The van der Waals surface area contributed by atoms with E-state index < -0.39 is 10.8 Å². The number of halogens is 1. The molecule has 2 N–H and O–H groups in total. The summed E-state index contributed by atoms with van der Waals surface area (Å²) in [6.07, 6.45) is 0.912. The molecule has 21 heavy (non-hydrogen) atoms. The first kappa shape index (κ1) is 14.6. The van der Waals surface area contributed by atoms with Crippen LogP contribution in [0.25, 0.3) is 0 Å². The van der Waals surface area contributed by atoms with Crippen molar-refractivity contribution in [3.63, 3.8) is 0 Å². The number of ether oxygens (including phenoxy) is 1. The second kappa shape index (κ2) is 5.81. The third-order valence-electron chi connectivity index (χ3n) is 3.56. The number of hydrogen-bond acceptors (Lipinski definition) is 3. The van der Waals surface area contributed by atoms with Crippen LogP contribution in [0.5, 0.6) is 5.75 Å². The van der Waals surface area contributed by atoms with Crippen LogP contribution in [0, 0.1) is 6.92 Å². The van der Waals surface area contributed by atoms with Crippen molar-refractivity contribution in [2.45, 2.75) is 24.0 Å². The molecule has 2 aromatic rings. The lowest BCUT2D eigenvalue weighted by molar-refractivity contribution is 0.354. The zero-order chi connectivity index (χ0) is 15.0. The average molecular weight is 366 g/mol. The fourth-order valence-corrected chi connectivity index (χ4v) is 4.44. The maximum absolute atomic E-state index is 12.7. The smallest absolute Gasteiger partial charge is 0.126 e. The molecular formula is C16H16BrNO2S. The predicted molar refractivity (Wildman–Crippen MR) is 89.0 cm³/mol. The molecule has 1 atom stereocenters. The lowest BCUT2D eigenvalue weighted by atomic mass is 10.1. The molecule has 0 saturated heterocycles. The number of nitrogen functional groups attached to an aromatic ring is 1. The SMILES string of the molecule is Cc1cc(N)ccc1S(=O)Cc1cc(Br)cc2c1OCC2. The van der Waals surface area contributed by atoms with E-state index in [0.717, 1.165) is 32.7 Å². The van der Waals surface area contributed by atoms with Crippen LogP contribution in [0.2, 0.25) is 0 Å². The molecule has 0 fully saturated rings. The molecule has 5 heteroatoms. The number of rotatable bonds is 3. The van der Waals surface area contributed by atoms with Crippen molar-refractivity contribution in [1.29, 1.82) is 0 Å². The number of fused-ring (bicyclic) bond motifs is 1. The van der Waals surface area contributed by atoms with Crippen LogP contribution in [0.15, 0.2) is 39.7 Å². The van der Waals surface area contributed by atoms with Gasteiger partial charge in [0.05, 0.1) is 23.2 Å². The minimum absolute atomic E-state index is 0.451. The van der Waals surface area contributed by atoms with Crippen molar-refractivity contribution in [1.82, 2.24) is 0 Å². The van der Waals surface area contributed by atoms with E-state index in [1.54, 1.807) is 6.07 Å². The fraction of sp³-hybridized carbons (Fsp3) is 0.250. The first-order valence-corrected chi connectivity index (χ1v) is 8.84. The van der Waals surface area contributed by atoms with Gasteiger partial charge in [-0.05, 0) is 48.4 Å². The number of anilines is 1. The third kappa shape index (κ3) is 2.99. The quantitative estimate of drug-likeness (QED) is 0.845. The van der Waals surface area contributed by atoms with E-state index in [-0.39, 0.29) is 0 Å². The van der Waals surface area contributed by atoms with Crippen LogP contribution >= 0.6 is 15.9 Å². The molecule has 0 amide bonds. The van der Waals surface area contributed by atoms with Gasteiger partial charge >= 0.3 is 0 Å². The van der Waals surface area contributed by atoms with Gasteiger partial charge in [0, 0.05) is 27.0 Å². The number of nitrogens with two attached hydrogens (primary N) is 1. The van der Waals surface area contributed by atoms with Crippen molar-refractivity contribution in [2.75, 3.05) is 12.3 Å². The molecule has 110 valence electrons. The Morgan fingerprint density at radius 2 is 2.14 bits per heavy atom. The highest BCUT2D eigenvalue weighted by molar-refractivity contribution is 9.10. The van der Waals surface area contributed by atoms with E-state index in [0.29, 0.717) is 18.0 Å². The summed E-state index contributed by atoms with van der Waals surface area (Å²) in [7, 11) is -1.11. The van der Waals surface area contributed by atoms with E-state index in [4.69, 9.17) is 10.5 Å².